The van der Waals surface area contributed by atoms with Crippen molar-refractivity contribution in [3.8, 4) is 34.8 Å². The Balaban J connectivity index is 1.45. The molecule has 1 aliphatic carbocycles. The van der Waals surface area contributed by atoms with Crippen molar-refractivity contribution in [1.82, 2.24) is 5.32 Å². The minimum absolute atomic E-state index is 0.256. The first-order chi connectivity index (χ1) is 24.2. The van der Waals surface area contributed by atoms with Crippen molar-refractivity contribution in [1.29, 1.82) is 0 Å². The molecule has 13 heteroatoms. The predicted molar refractivity (Wildman–Crippen MR) is 181 cm³/mol. The van der Waals surface area contributed by atoms with Gasteiger partial charge < -0.3 is 60.4 Å². The zero-order chi connectivity index (χ0) is 36.8. The van der Waals surface area contributed by atoms with E-state index in [4.69, 9.17) is 14.2 Å². The van der Waals surface area contributed by atoms with E-state index in [0.717, 1.165) is 22.3 Å². The minimum Gasteiger partial charge on any atom is -0.456 e. The van der Waals surface area contributed by atoms with E-state index in [1.165, 1.54) is 0 Å². The summed E-state index contributed by atoms with van der Waals surface area (Å²) in [6.07, 6.45) is -12.7. The quantitative estimate of drug-likeness (QED) is 0.134. The second kappa shape index (κ2) is 14.5. The lowest BCUT2D eigenvalue weighted by Crippen LogP contribution is -2.58. The molecule has 1 spiro atoms. The Morgan fingerprint density at radius 3 is 1.90 bits per heavy atom. The average molecular weight is 708 g/mol. The molecule has 0 saturated carbocycles. The summed E-state index contributed by atoms with van der Waals surface area (Å²) in [5.41, 5.74) is 3.03. The van der Waals surface area contributed by atoms with E-state index in [9.17, 15) is 45.6 Å². The fourth-order valence-electron chi connectivity index (χ4n) is 7.47. The van der Waals surface area contributed by atoms with Crippen LogP contribution in [0, 0.1) is 23.7 Å². The lowest BCUT2D eigenvalue weighted by Gasteiger charge is -2.38. The van der Waals surface area contributed by atoms with Gasteiger partial charge >= 0.3 is 5.97 Å². The number of benzene rings is 2. The summed E-state index contributed by atoms with van der Waals surface area (Å²) in [6, 6.07) is 9.25. The number of fused-ring (bicyclic) bond motifs is 5. The summed E-state index contributed by atoms with van der Waals surface area (Å²) >= 11 is 0. The second-order valence-corrected chi connectivity index (χ2v) is 14.5. The van der Waals surface area contributed by atoms with Crippen LogP contribution in [-0.4, -0.2) is 140 Å². The average Bonchev–Trinajstić information content (AvgIpc) is 3.36. The van der Waals surface area contributed by atoms with Crippen LogP contribution in [0.4, 0.5) is 0 Å². The first-order valence-corrected chi connectivity index (χ1v) is 17.1. The van der Waals surface area contributed by atoms with Gasteiger partial charge in [-0.2, -0.15) is 0 Å². The van der Waals surface area contributed by atoms with Crippen molar-refractivity contribution in [2.75, 3.05) is 26.3 Å². The van der Waals surface area contributed by atoms with Crippen molar-refractivity contribution in [3.63, 3.8) is 0 Å². The number of hydrogen-bond donors (Lipinski definition) is 9. The van der Waals surface area contributed by atoms with Gasteiger partial charge in [-0.3, -0.25) is 0 Å². The molecule has 0 aromatic heterocycles. The zero-order valence-electron chi connectivity index (χ0n) is 28.6. The van der Waals surface area contributed by atoms with E-state index in [-0.39, 0.29) is 5.56 Å². The number of esters is 1. The SMILES string of the molecule is CC(C)(C)OC(=O)c1c(C#C[C@H]2O[C@H](CO)[C@@H](O)[C@H](O)[C@@H]2O)ccc2c1C1(CCNCC1)c1cc(C#C[C@H]3O[C@H](CO)[C@@H](O)[C@H](O)[C@@H]3O)ccc1-2. The number of rotatable bonds is 3. The molecule has 13 nitrogen and oxygen atoms in total. The summed E-state index contributed by atoms with van der Waals surface area (Å²) in [4.78, 5) is 14.2. The molecule has 0 amide bonds. The largest absolute Gasteiger partial charge is 0.456 e. The molecule has 3 heterocycles. The molecular formula is C38H45NO12. The third kappa shape index (κ3) is 6.93. The lowest BCUT2D eigenvalue weighted by atomic mass is 9.69. The summed E-state index contributed by atoms with van der Waals surface area (Å²) < 4.78 is 17.1. The van der Waals surface area contributed by atoms with Crippen molar-refractivity contribution in [2.45, 2.75) is 106 Å². The Bertz CT molecular complexity index is 1760. The minimum atomic E-state index is -1.61. The van der Waals surface area contributed by atoms with Gasteiger partial charge in [0.15, 0.2) is 0 Å². The smallest absolute Gasteiger partial charge is 0.340 e. The number of aliphatic hydroxyl groups excluding tert-OH is 8. The molecule has 0 radical (unpaired) electrons. The van der Waals surface area contributed by atoms with Crippen LogP contribution in [0.25, 0.3) is 11.1 Å². The van der Waals surface area contributed by atoms with E-state index < -0.39 is 91.2 Å². The van der Waals surface area contributed by atoms with Crippen molar-refractivity contribution in [3.05, 3.63) is 58.1 Å². The maximum atomic E-state index is 14.2. The summed E-state index contributed by atoms with van der Waals surface area (Å²) in [7, 11) is 0. The van der Waals surface area contributed by atoms with Crippen LogP contribution >= 0.6 is 0 Å². The van der Waals surface area contributed by atoms with Crippen LogP contribution < -0.4 is 5.32 Å². The summed E-state index contributed by atoms with van der Waals surface area (Å²) in [6.45, 7) is 5.43. The Labute approximate surface area is 295 Å². The first-order valence-electron chi connectivity index (χ1n) is 17.1. The Morgan fingerprint density at radius 2 is 1.35 bits per heavy atom. The molecule has 3 saturated heterocycles. The summed E-state index contributed by atoms with van der Waals surface area (Å²) in [5.74, 6) is 11.1. The maximum absolute atomic E-state index is 14.2. The topological polar surface area (TPSA) is 219 Å². The number of carbonyl (C=O) groups excluding carboxylic acids is 1. The number of hydrogen-bond acceptors (Lipinski definition) is 13. The number of nitrogens with one attached hydrogen (secondary N) is 1. The highest BCUT2D eigenvalue weighted by Gasteiger charge is 2.48. The number of piperidine rings is 1. The third-order valence-electron chi connectivity index (χ3n) is 10.1. The van der Waals surface area contributed by atoms with Crippen molar-refractivity contribution >= 4 is 5.97 Å². The van der Waals surface area contributed by atoms with E-state index in [2.05, 4.69) is 29.0 Å². The monoisotopic (exact) mass is 707 g/mol. The van der Waals surface area contributed by atoms with Gasteiger partial charge in [-0.15, -0.1) is 0 Å². The predicted octanol–water partition coefficient (Wildman–Crippen LogP) is -1.32. The van der Waals surface area contributed by atoms with E-state index in [0.29, 0.717) is 37.1 Å². The zero-order valence-corrected chi connectivity index (χ0v) is 28.6. The second-order valence-electron chi connectivity index (χ2n) is 14.5. The molecule has 2 aromatic rings. The van der Waals surface area contributed by atoms with E-state index in [1.54, 1.807) is 32.9 Å². The highest BCUT2D eigenvalue weighted by Crippen LogP contribution is 2.55. The van der Waals surface area contributed by atoms with Gasteiger partial charge in [-0.25, -0.2) is 4.79 Å². The first kappa shape index (κ1) is 37.4. The molecule has 6 rings (SSSR count). The van der Waals surface area contributed by atoms with Crippen LogP contribution in [0.2, 0.25) is 0 Å². The van der Waals surface area contributed by atoms with Crippen LogP contribution in [-0.2, 0) is 19.6 Å². The van der Waals surface area contributed by atoms with Gasteiger partial charge in [0.1, 0.15) is 66.6 Å². The highest BCUT2D eigenvalue weighted by atomic mass is 16.6. The standard InChI is InChI=1S/C38H45NO12/c1-37(2,3)51-36(48)28-20(7-11-25-31(43)35(47)33(45)27(18-41)50-25)6-9-22-21-8-4-19(16-23(21)38(29(22)28)12-14-39-15-13-38)5-10-24-30(42)34(46)32(44)26(17-40)49-24/h4,6,8-9,16,24-27,30-35,39-47H,12-15,17-18H2,1-3H3/t24-,25-,26-,27-,30-,31-,32-,33-,34-,35-/m1/s1. The van der Waals surface area contributed by atoms with Gasteiger partial charge in [-0.05, 0) is 87.2 Å². The number of aliphatic hydroxyl groups is 8. The van der Waals surface area contributed by atoms with Gasteiger partial charge in [0.05, 0.1) is 18.8 Å². The Morgan fingerprint density at radius 1 is 0.804 bits per heavy atom. The van der Waals surface area contributed by atoms with E-state index >= 15 is 0 Å². The molecule has 0 bridgehead atoms. The normalized spacial score (nSPS) is 32.5. The molecule has 10 atom stereocenters. The van der Waals surface area contributed by atoms with Crippen molar-refractivity contribution < 1.29 is 59.9 Å². The highest BCUT2D eigenvalue weighted by molar-refractivity contribution is 6.00. The van der Waals surface area contributed by atoms with Gasteiger partial charge in [0.25, 0.3) is 0 Å². The van der Waals surface area contributed by atoms with Crippen LogP contribution in [0.5, 0.6) is 0 Å². The molecule has 51 heavy (non-hydrogen) atoms. The molecule has 9 N–H and O–H groups in total. The lowest BCUT2D eigenvalue weighted by molar-refractivity contribution is -0.214. The fraction of sp³-hybridized carbons (Fsp3) is 0.553. The fourth-order valence-corrected chi connectivity index (χ4v) is 7.47. The maximum Gasteiger partial charge on any atom is 0.340 e. The van der Waals surface area contributed by atoms with Gasteiger partial charge in [-0.1, -0.05) is 35.8 Å². The molecule has 0 unspecified atom stereocenters. The Kier molecular flexibility index (Phi) is 10.7. The molecular weight excluding hydrogens is 662 g/mol. The third-order valence-corrected chi connectivity index (χ3v) is 10.1. The van der Waals surface area contributed by atoms with Crippen molar-refractivity contribution in [2.24, 2.45) is 0 Å². The van der Waals surface area contributed by atoms with Crippen LogP contribution in [0.3, 0.4) is 0 Å². The molecule has 3 fully saturated rings. The molecule has 2 aromatic carbocycles. The summed E-state index contributed by atoms with van der Waals surface area (Å²) in [5, 5.41) is 84.7. The molecule has 4 aliphatic rings. The molecule has 3 aliphatic heterocycles. The van der Waals surface area contributed by atoms with Crippen LogP contribution in [0.15, 0.2) is 30.3 Å². The van der Waals surface area contributed by atoms with Gasteiger partial charge in [0.2, 0.25) is 0 Å². The van der Waals surface area contributed by atoms with Gasteiger partial charge in [0, 0.05) is 16.5 Å². The number of carbonyl (C=O) groups is 1. The van der Waals surface area contributed by atoms with E-state index in [1.807, 2.05) is 18.2 Å². The molecule has 274 valence electrons. The Hall–Kier alpha value is -3.41. The van der Waals surface area contributed by atoms with Crippen LogP contribution in [0.1, 0.15) is 66.2 Å². The number of ether oxygens (including phenoxy) is 3.